The minimum absolute atomic E-state index is 0.315. The molecule has 0 saturated carbocycles. The molecule has 0 fully saturated rings. The van der Waals surface area contributed by atoms with Gasteiger partial charge >= 0.3 is 0 Å². The third-order valence-electron chi connectivity index (χ3n) is 2.87. The van der Waals surface area contributed by atoms with Gasteiger partial charge in [0.1, 0.15) is 11.4 Å². The van der Waals surface area contributed by atoms with Crippen molar-refractivity contribution >= 4 is 11.6 Å². The molecule has 0 aliphatic rings. The minimum atomic E-state index is -0.315. The van der Waals surface area contributed by atoms with Gasteiger partial charge in [-0.05, 0) is 49.2 Å². The van der Waals surface area contributed by atoms with E-state index in [1.807, 2.05) is 38.1 Å². The zero-order valence-electron chi connectivity index (χ0n) is 12.1. The number of hydrazone groups is 1. The number of nitrogens with zero attached hydrogens (tertiary/aromatic N) is 2. The number of hydrogen-bond donors (Lipinski definition) is 2. The van der Waals surface area contributed by atoms with Gasteiger partial charge in [-0.1, -0.05) is 6.92 Å². The summed E-state index contributed by atoms with van der Waals surface area (Å²) >= 11 is 0. The third-order valence-corrected chi connectivity index (χ3v) is 2.87. The highest BCUT2D eigenvalue weighted by atomic mass is 16.5. The third kappa shape index (κ3) is 3.92. The van der Waals surface area contributed by atoms with E-state index < -0.39 is 0 Å². The fraction of sp³-hybridized carbons (Fsp3) is 0.267. The summed E-state index contributed by atoms with van der Waals surface area (Å²) in [6, 6.07) is 9.22. The highest BCUT2D eigenvalue weighted by Crippen LogP contribution is 2.13. The molecular weight excluding hydrogens is 268 g/mol. The van der Waals surface area contributed by atoms with Gasteiger partial charge < -0.3 is 4.74 Å². The summed E-state index contributed by atoms with van der Waals surface area (Å²) in [5.41, 5.74) is 4.64. The van der Waals surface area contributed by atoms with Crippen molar-refractivity contribution in [2.75, 3.05) is 6.61 Å². The maximum atomic E-state index is 11.8. The largest absolute Gasteiger partial charge is 0.494 e. The topological polar surface area (TPSA) is 79.4 Å². The van der Waals surface area contributed by atoms with Crippen molar-refractivity contribution in [3.05, 3.63) is 47.8 Å². The fourth-order valence-corrected chi connectivity index (χ4v) is 1.82. The molecule has 0 unspecified atom stereocenters. The average molecular weight is 286 g/mol. The SMILES string of the molecule is CCOc1ccc(C(CC)=NNC(=O)c2ccn[nH]2)cc1. The number of aromatic amines is 1. The van der Waals surface area contributed by atoms with E-state index in [-0.39, 0.29) is 5.91 Å². The van der Waals surface area contributed by atoms with Crippen LogP contribution in [0.4, 0.5) is 0 Å². The van der Waals surface area contributed by atoms with Crippen LogP contribution in [-0.4, -0.2) is 28.4 Å². The smallest absolute Gasteiger partial charge is 0.289 e. The predicted octanol–water partition coefficient (Wildman–Crippen LogP) is 2.35. The average Bonchev–Trinajstić information content (AvgIpc) is 3.04. The van der Waals surface area contributed by atoms with Crippen LogP contribution < -0.4 is 10.2 Å². The van der Waals surface area contributed by atoms with Gasteiger partial charge in [-0.3, -0.25) is 9.89 Å². The lowest BCUT2D eigenvalue weighted by Gasteiger charge is -2.07. The van der Waals surface area contributed by atoms with Crippen molar-refractivity contribution in [2.45, 2.75) is 20.3 Å². The van der Waals surface area contributed by atoms with Gasteiger partial charge in [0.2, 0.25) is 0 Å². The summed E-state index contributed by atoms with van der Waals surface area (Å²) in [5, 5.41) is 10.5. The van der Waals surface area contributed by atoms with E-state index >= 15 is 0 Å². The quantitative estimate of drug-likeness (QED) is 0.632. The van der Waals surface area contributed by atoms with E-state index in [0.29, 0.717) is 18.7 Å². The number of ether oxygens (including phenoxy) is 1. The number of H-pyrrole nitrogens is 1. The molecule has 110 valence electrons. The number of benzene rings is 1. The van der Waals surface area contributed by atoms with Crippen molar-refractivity contribution in [2.24, 2.45) is 5.10 Å². The molecular formula is C15H18N4O2. The van der Waals surface area contributed by atoms with Crippen LogP contribution >= 0.6 is 0 Å². The molecule has 6 nitrogen and oxygen atoms in total. The standard InChI is InChI=1S/C15H18N4O2/c1-3-13(11-5-7-12(8-6-11)21-4-2)18-19-15(20)14-9-10-16-17-14/h5-10H,3-4H2,1-2H3,(H,16,17)(H,19,20). The van der Waals surface area contributed by atoms with E-state index in [9.17, 15) is 4.79 Å². The van der Waals surface area contributed by atoms with Gasteiger partial charge in [-0.25, -0.2) is 5.43 Å². The highest BCUT2D eigenvalue weighted by molar-refractivity contribution is 6.01. The lowest BCUT2D eigenvalue weighted by Crippen LogP contribution is -2.20. The van der Waals surface area contributed by atoms with E-state index in [2.05, 4.69) is 20.7 Å². The Hall–Kier alpha value is -2.63. The lowest BCUT2D eigenvalue weighted by atomic mass is 10.1. The number of carbonyl (C=O) groups is 1. The first kappa shape index (κ1) is 14.8. The van der Waals surface area contributed by atoms with E-state index in [0.717, 1.165) is 17.0 Å². The second-order valence-electron chi connectivity index (χ2n) is 4.28. The summed E-state index contributed by atoms with van der Waals surface area (Å²) < 4.78 is 5.40. The Morgan fingerprint density at radius 1 is 1.29 bits per heavy atom. The minimum Gasteiger partial charge on any atom is -0.494 e. The van der Waals surface area contributed by atoms with Crippen LogP contribution in [0.15, 0.2) is 41.6 Å². The summed E-state index contributed by atoms with van der Waals surface area (Å²) in [4.78, 5) is 11.8. The molecule has 0 atom stereocenters. The van der Waals surface area contributed by atoms with Gasteiger partial charge in [0.15, 0.2) is 0 Å². The molecule has 0 aliphatic heterocycles. The molecule has 0 spiro atoms. The van der Waals surface area contributed by atoms with E-state index in [4.69, 9.17) is 4.74 Å². The first-order chi connectivity index (χ1) is 10.2. The van der Waals surface area contributed by atoms with Gasteiger partial charge in [0.05, 0.1) is 12.3 Å². The van der Waals surface area contributed by atoms with Crippen molar-refractivity contribution in [1.82, 2.24) is 15.6 Å². The molecule has 21 heavy (non-hydrogen) atoms. The maximum absolute atomic E-state index is 11.8. The van der Waals surface area contributed by atoms with Crippen LogP contribution in [0.2, 0.25) is 0 Å². The number of rotatable bonds is 6. The molecule has 0 radical (unpaired) electrons. The van der Waals surface area contributed by atoms with E-state index in [1.165, 1.54) is 6.20 Å². The van der Waals surface area contributed by atoms with Crippen LogP contribution in [-0.2, 0) is 0 Å². The van der Waals surface area contributed by atoms with Crippen LogP contribution in [0, 0.1) is 0 Å². The van der Waals surface area contributed by atoms with Crippen LogP contribution in [0.25, 0.3) is 0 Å². The Bertz CT molecular complexity index is 603. The molecule has 2 N–H and O–H groups in total. The van der Waals surface area contributed by atoms with Crippen molar-refractivity contribution in [3.63, 3.8) is 0 Å². The second kappa shape index (κ2) is 7.23. The van der Waals surface area contributed by atoms with Crippen molar-refractivity contribution in [3.8, 4) is 5.75 Å². The molecule has 1 heterocycles. The molecule has 2 rings (SSSR count). The first-order valence-corrected chi connectivity index (χ1v) is 6.84. The van der Waals surface area contributed by atoms with Gasteiger partial charge in [0.25, 0.3) is 5.91 Å². The Balaban J connectivity index is 2.07. The van der Waals surface area contributed by atoms with Gasteiger partial charge in [0, 0.05) is 6.20 Å². The summed E-state index contributed by atoms with van der Waals surface area (Å²) in [5.74, 6) is 0.502. The maximum Gasteiger partial charge on any atom is 0.289 e. The highest BCUT2D eigenvalue weighted by Gasteiger charge is 2.07. The summed E-state index contributed by atoms with van der Waals surface area (Å²) in [6.07, 6.45) is 2.23. The zero-order chi connectivity index (χ0) is 15.1. The van der Waals surface area contributed by atoms with Gasteiger partial charge in [-0.15, -0.1) is 0 Å². The molecule has 1 aromatic heterocycles. The van der Waals surface area contributed by atoms with Crippen LogP contribution in [0.1, 0.15) is 36.3 Å². The molecule has 1 aromatic carbocycles. The molecule has 6 heteroatoms. The van der Waals surface area contributed by atoms with Crippen molar-refractivity contribution < 1.29 is 9.53 Å². The molecule has 1 amide bonds. The second-order valence-corrected chi connectivity index (χ2v) is 4.28. The zero-order valence-corrected chi connectivity index (χ0v) is 12.1. The monoisotopic (exact) mass is 286 g/mol. The number of hydrogen-bond acceptors (Lipinski definition) is 4. The Morgan fingerprint density at radius 3 is 2.62 bits per heavy atom. The first-order valence-electron chi connectivity index (χ1n) is 6.84. The molecule has 0 saturated heterocycles. The molecule has 0 aliphatic carbocycles. The lowest BCUT2D eigenvalue weighted by molar-refractivity contribution is 0.0950. The number of aromatic nitrogens is 2. The number of nitrogens with one attached hydrogen (secondary N) is 2. The van der Waals surface area contributed by atoms with Gasteiger partial charge in [-0.2, -0.15) is 10.2 Å². The van der Waals surface area contributed by atoms with Crippen molar-refractivity contribution in [1.29, 1.82) is 0 Å². The molecule has 2 aromatic rings. The molecule has 0 bridgehead atoms. The summed E-state index contributed by atoms with van der Waals surface area (Å²) in [6.45, 7) is 4.56. The number of carbonyl (C=O) groups excluding carboxylic acids is 1. The number of amides is 1. The normalized spacial score (nSPS) is 11.2. The van der Waals surface area contributed by atoms with E-state index in [1.54, 1.807) is 6.07 Å². The summed E-state index contributed by atoms with van der Waals surface area (Å²) in [7, 11) is 0. The van der Waals surface area contributed by atoms with Crippen LogP contribution in [0.3, 0.4) is 0 Å². The fourth-order valence-electron chi connectivity index (χ4n) is 1.82. The predicted molar refractivity (Wildman–Crippen MR) is 80.5 cm³/mol. The Morgan fingerprint density at radius 2 is 2.05 bits per heavy atom. The van der Waals surface area contributed by atoms with Crippen LogP contribution in [0.5, 0.6) is 5.75 Å². The Kier molecular flexibility index (Phi) is 5.09. The Labute approximate surface area is 123 Å².